The number of nitrogens with two attached hydrogens (primary N) is 1. The Bertz CT molecular complexity index is 953. The number of ether oxygens (including phenoxy) is 2. The van der Waals surface area contributed by atoms with Gasteiger partial charge in [-0.2, -0.15) is 0 Å². The van der Waals surface area contributed by atoms with Gasteiger partial charge in [0.1, 0.15) is 16.9 Å². The minimum absolute atomic E-state index is 0.155. The van der Waals surface area contributed by atoms with Gasteiger partial charge in [0.15, 0.2) is 11.5 Å². The molecular formula is C16H15IN2O7. The summed E-state index contributed by atoms with van der Waals surface area (Å²) in [6.45, 7) is 2.15. The highest BCUT2D eigenvalue weighted by Gasteiger charge is 2.27. The first-order valence-electron chi connectivity index (χ1n) is 7.25. The Labute approximate surface area is 160 Å². The molecule has 0 bridgehead atoms. The number of methoxy groups -OCH3 is 1. The number of nitrogens with one attached hydrogen (secondary N) is 1. The summed E-state index contributed by atoms with van der Waals surface area (Å²) in [5.41, 5.74) is 3.25. The van der Waals surface area contributed by atoms with Gasteiger partial charge in [0, 0.05) is 5.56 Å². The molecule has 1 aromatic carbocycles. The number of benzene rings is 1. The lowest BCUT2D eigenvalue weighted by Crippen LogP contribution is -2.24. The molecule has 0 unspecified atom stereocenters. The molecule has 138 valence electrons. The molecule has 5 N–H and O–H groups in total. The van der Waals surface area contributed by atoms with Gasteiger partial charge >= 0.3 is 11.9 Å². The van der Waals surface area contributed by atoms with Crippen LogP contribution in [-0.2, 0) is 0 Å². The normalized spacial score (nSPS) is 10.4. The van der Waals surface area contributed by atoms with Crippen molar-refractivity contribution in [3.05, 3.63) is 37.2 Å². The summed E-state index contributed by atoms with van der Waals surface area (Å²) in [7, 11) is 1.39. The largest absolute Gasteiger partial charge is 0.493 e. The molecule has 0 saturated heterocycles. The van der Waals surface area contributed by atoms with Crippen molar-refractivity contribution in [2.45, 2.75) is 6.92 Å². The van der Waals surface area contributed by atoms with E-state index in [0.29, 0.717) is 15.9 Å². The SMILES string of the molecule is CCOc1c(I)cc(-c2c(C(=O)O)c(N)[nH]c(=O)c2C(=O)O)cc1OC. The van der Waals surface area contributed by atoms with Crippen LogP contribution in [-0.4, -0.2) is 40.9 Å². The lowest BCUT2D eigenvalue weighted by molar-refractivity contribution is 0.0695. The van der Waals surface area contributed by atoms with E-state index in [9.17, 15) is 24.6 Å². The lowest BCUT2D eigenvalue weighted by Gasteiger charge is -2.16. The van der Waals surface area contributed by atoms with Crippen molar-refractivity contribution in [1.29, 1.82) is 0 Å². The Kier molecular flexibility index (Phi) is 5.75. The van der Waals surface area contributed by atoms with Gasteiger partial charge in [-0.05, 0) is 47.2 Å². The zero-order valence-corrected chi connectivity index (χ0v) is 15.9. The van der Waals surface area contributed by atoms with E-state index in [-0.39, 0.29) is 16.9 Å². The summed E-state index contributed by atoms with van der Waals surface area (Å²) in [5, 5.41) is 18.9. The highest BCUT2D eigenvalue weighted by molar-refractivity contribution is 14.1. The van der Waals surface area contributed by atoms with E-state index in [1.807, 2.05) is 22.6 Å². The zero-order chi connectivity index (χ0) is 19.6. The monoisotopic (exact) mass is 474 g/mol. The van der Waals surface area contributed by atoms with Crippen LogP contribution < -0.4 is 20.8 Å². The number of hydrogen-bond acceptors (Lipinski definition) is 6. The molecule has 0 fully saturated rings. The maximum absolute atomic E-state index is 12.1. The number of aromatic carboxylic acids is 2. The fourth-order valence-corrected chi connectivity index (χ4v) is 3.24. The maximum atomic E-state index is 12.1. The van der Waals surface area contributed by atoms with Crippen molar-refractivity contribution in [3.63, 3.8) is 0 Å². The Hall–Kier alpha value is -2.76. The molecule has 0 radical (unpaired) electrons. The van der Waals surface area contributed by atoms with Gasteiger partial charge in [0.05, 0.1) is 17.3 Å². The molecule has 0 atom stereocenters. The summed E-state index contributed by atoms with van der Waals surface area (Å²) in [6, 6.07) is 2.90. The number of pyridine rings is 1. The number of carboxylic acids is 2. The van der Waals surface area contributed by atoms with E-state index in [1.165, 1.54) is 19.2 Å². The second-order valence-corrected chi connectivity index (χ2v) is 6.19. The molecule has 0 saturated carbocycles. The van der Waals surface area contributed by atoms with Crippen molar-refractivity contribution < 1.29 is 29.3 Å². The van der Waals surface area contributed by atoms with E-state index in [2.05, 4.69) is 4.98 Å². The van der Waals surface area contributed by atoms with Crippen LogP contribution >= 0.6 is 22.6 Å². The van der Waals surface area contributed by atoms with Crippen LogP contribution in [0.1, 0.15) is 27.6 Å². The number of carboxylic acid groups (broad SMARTS) is 2. The number of H-pyrrole nitrogens is 1. The van der Waals surface area contributed by atoms with Crippen molar-refractivity contribution in [3.8, 4) is 22.6 Å². The van der Waals surface area contributed by atoms with Gasteiger partial charge in [-0.3, -0.25) is 4.79 Å². The first-order chi connectivity index (χ1) is 12.2. The first kappa shape index (κ1) is 19.6. The fourth-order valence-electron chi connectivity index (χ4n) is 2.48. The minimum atomic E-state index is -1.58. The third-order valence-electron chi connectivity index (χ3n) is 3.48. The van der Waals surface area contributed by atoms with E-state index >= 15 is 0 Å². The third kappa shape index (κ3) is 3.45. The van der Waals surface area contributed by atoms with Gasteiger partial charge in [-0.15, -0.1) is 0 Å². The van der Waals surface area contributed by atoms with E-state index < -0.39 is 34.4 Å². The predicted octanol–water partition coefficient (Wildman–Crippen LogP) is 2.03. The highest BCUT2D eigenvalue weighted by Crippen LogP contribution is 2.39. The second kappa shape index (κ2) is 7.64. The summed E-state index contributed by atoms with van der Waals surface area (Å²) in [4.78, 5) is 37.4. The van der Waals surface area contributed by atoms with Crippen molar-refractivity contribution in [2.75, 3.05) is 19.5 Å². The number of anilines is 1. The fraction of sp³-hybridized carbons (Fsp3) is 0.188. The molecule has 1 aromatic heterocycles. The van der Waals surface area contributed by atoms with Crippen molar-refractivity contribution in [1.82, 2.24) is 4.98 Å². The Morgan fingerprint density at radius 1 is 1.23 bits per heavy atom. The van der Waals surface area contributed by atoms with Crippen LogP contribution in [0.5, 0.6) is 11.5 Å². The highest BCUT2D eigenvalue weighted by atomic mass is 127. The quantitative estimate of drug-likeness (QED) is 0.465. The number of aromatic nitrogens is 1. The van der Waals surface area contributed by atoms with E-state index in [4.69, 9.17) is 15.2 Å². The molecule has 10 heteroatoms. The molecule has 1 heterocycles. The topological polar surface area (TPSA) is 152 Å². The van der Waals surface area contributed by atoms with Gasteiger partial charge in [-0.1, -0.05) is 0 Å². The summed E-state index contributed by atoms with van der Waals surface area (Å²) in [6.07, 6.45) is 0. The van der Waals surface area contributed by atoms with Crippen LogP contribution in [0.3, 0.4) is 0 Å². The number of halogens is 1. The Balaban J connectivity index is 2.96. The Morgan fingerprint density at radius 2 is 1.85 bits per heavy atom. The van der Waals surface area contributed by atoms with Crippen LogP contribution in [0.4, 0.5) is 5.82 Å². The summed E-state index contributed by atoms with van der Waals surface area (Å²) < 4.78 is 11.3. The molecule has 0 aliphatic heterocycles. The predicted molar refractivity (Wildman–Crippen MR) is 101 cm³/mol. The van der Waals surface area contributed by atoms with Crippen LogP contribution in [0.2, 0.25) is 0 Å². The van der Waals surface area contributed by atoms with E-state index in [1.54, 1.807) is 6.92 Å². The van der Waals surface area contributed by atoms with Crippen LogP contribution in [0.15, 0.2) is 16.9 Å². The van der Waals surface area contributed by atoms with Crippen molar-refractivity contribution in [2.24, 2.45) is 0 Å². The zero-order valence-electron chi connectivity index (χ0n) is 13.8. The molecule has 0 spiro atoms. The van der Waals surface area contributed by atoms with Crippen molar-refractivity contribution >= 4 is 40.3 Å². The van der Waals surface area contributed by atoms with Gasteiger partial charge in [0.2, 0.25) is 0 Å². The number of aromatic amines is 1. The van der Waals surface area contributed by atoms with Crippen LogP contribution in [0, 0.1) is 3.57 Å². The van der Waals surface area contributed by atoms with Gasteiger partial charge in [-0.25, -0.2) is 9.59 Å². The first-order valence-corrected chi connectivity index (χ1v) is 8.33. The van der Waals surface area contributed by atoms with Gasteiger partial charge < -0.3 is 30.4 Å². The third-order valence-corrected chi connectivity index (χ3v) is 4.28. The van der Waals surface area contributed by atoms with E-state index in [0.717, 1.165) is 0 Å². The molecule has 9 nitrogen and oxygen atoms in total. The summed E-state index contributed by atoms with van der Waals surface area (Å²) >= 11 is 1.94. The average molecular weight is 474 g/mol. The molecule has 0 amide bonds. The number of hydrogen-bond donors (Lipinski definition) is 4. The number of carbonyl (C=O) groups is 2. The standard InChI is InChI=1S/C16H15IN2O7/c1-3-26-12-7(17)4-6(5-8(12)25-2)9-10(15(21)22)13(18)19-14(20)11(9)16(23)24/h4-5H,3H2,1-2H3,(H,21,22)(H,23,24)(H3,18,19,20). The van der Waals surface area contributed by atoms with Crippen LogP contribution in [0.25, 0.3) is 11.1 Å². The lowest BCUT2D eigenvalue weighted by atomic mass is 9.95. The number of nitrogen functional groups attached to an aromatic ring is 1. The smallest absolute Gasteiger partial charge is 0.342 e. The van der Waals surface area contributed by atoms with Gasteiger partial charge in [0.25, 0.3) is 5.56 Å². The average Bonchev–Trinajstić information content (AvgIpc) is 2.54. The minimum Gasteiger partial charge on any atom is -0.493 e. The Morgan fingerprint density at radius 3 is 2.35 bits per heavy atom. The molecular weight excluding hydrogens is 459 g/mol. The maximum Gasteiger partial charge on any atom is 0.342 e. The molecule has 0 aliphatic rings. The summed E-state index contributed by atoms with van der Waals surface area (Å²) in [5.74, 6) is -2.80. The second-order valence-electron chi connectivity index (χ2n) is 5.03. The molecule has 2 rings (SSSR count). The molecule has 2 aromatic rings. The number of rotatable bonds is 6. The molecule has 0 aliphatic carbocycles. The molecule has 26 heavy (non-hydrogen) atoms.